The van der Waals surface area contributed by atoms with Crippen molar-refractivity contribution >= 4 is 13.5 Å². The van der Waals surface area contributed by atoms with Crippen molar-refractivity contribution < 1.29 is 14.9 Å². The van der Waals surface area contributed by atoms with Gasteiger partial charge >= 0.3 is 0 Å². The van der Waals surface area contributed by atoms with Crippen LogP contribution in [-0.2, 0) is 4.74 Å². The van der Waals surface area contributed by atoms with Crippen molar-refractivity contribution in [3.63, 3.8) is 0 Å². The van der Waals surface area contributed by atoms with Crippen LogP contribution in [0.15, 0.2) is 0 Å². The summed E-state index contributed by atoms with van der Waals surface area (Å²) in [5.74, 6) is 0. The van der Waals surface area contributed by atoms with Gasteiger partial charge in [-0.15, -0.1) is 0 Å². The van der Waals surface area contributed by atoms with Crippen molar-refractivity contribution in [1.82, 2.24) is 0 Å². The Hall–Kier alpha value is 0.230. The van der Waals surface area contributed by atoms with E-state index in [1.165, 1.54) is 0 Å². The maximum atomic E-state index is 8.09. The second kappa shape index (κ2) is 10.3. The van der Waals surface area contributed by atoms with E-state index in [2.05, 4.69) is 4.74 Å². The van der Waals surface area contributed by atoms with Gasteiger partial charge in [-0.05, 0) is 0 Å². The van der Waals surface area contributed by atoms with Crippen molar-refractivity contribution in [1.29, 1.82) is 0 Å². The summed E-state index contributed by atoms with van der Waals surface area (Å²) in [5, 5.41) is 16.2. The zero-order valence-electron chi connectivity index (χ0n) is 4.63. The largest absolute Gasteiger partial charge is 0.394 e. The maximum absolute atomic E-state index is 8.09. The number of hydrogen-bond acceptors (Lipinski definition) is 3. The Balaban J connectivity index is 0. The van der Waals surface area contributed by atoms with Crippen LogP contribution in [0.5, 0.6) is 0 Å². The average Bonchev–Trinajstić information content (AvgIpc) is 1.69. The minimum atomic E-state index is 0. The van der Waals surface area contributed by atoms with Crippen LogP contribution in [-0.4, -0.2) is 36.6 Å². The van der Waals surface area contributed by atoms with E-state index >= 15 is 0 Å². The van der Waals surface area contributed by atoms with Crippen molar-refractivity contribution in [2.24, 2.45) is 0 Å². The summed E-state index contributed by atoms with van der Waals surface area (Å²) in [5.41, 5.74) is 0. The summed E-state index contributed by atoms with van der Waals surface area (Å²) in [7, 11) is 0. The van der Waals surface area contributed by atoms with Crippen LogP contribution in [0.25, 0.3) is 0 Å². The van der Waals surface area contributed by atoms with E-state index in [-0.39, 0.29) is 26.7 Å². The van der Waals surface area contributed by atoms with Gasteiger partial charge in [0.1, 0.15) is 0 Å². The highest BCUT2D eigenvalue weighted by molar-refractivity contribution is 7.59. The Morgan fingerprint density at radius 1 is 1.00 bits per heavy atom. The fourth-order valence-electron chi connectivity index (χ4n) is 0.231. The molecule has 0 aliphatic rings. The molecular formula is C4H12O3S. The standard InChI is InChI=1S/C4H10O3.H2S/c5-1-3-7-4-2-6;/h5-6H,1-4H2;1H2. The van der Waals surface area contributed by atoms with Gasteiger partial charge in [0.25, 0.3) is 0 Å². The van der Waals surface area contributed by atoms with Crippen LogP contribution in [0.1, 0.15) is 0 Å². The molecule has 0 saturated heterocycles. The molecule has 2 N–H and O–H groups in total. The van der Waals surface area contributed by atoms with Crippen LogP contribution in [0.4, 0.5) is 0 Å². The quantitative estimate of drug-likeness (QED) is 0.498. The normalized spacial score (nSPS) is 8.25. The van der Waals surface area contributed by atoms with Gasteiger partial charge in [0.2, 0.25) is 0 Å². The van der Waals surface area contributed by atoms with E-state index in [1.54, 1.807) is 0 Å². The molecule has 52 valence electrons. The molecule has 0 spiro atoms. The molecule has 0 unspecified atom stereocenters. The highest BCUT2D eigenvalue weighted by atomic mass is 32.1. The van der Waals surface area contributed by atoms with Crippen molar-refractivity contribution in [3.05, 3.63) is 0 Å². The summed E-state index contributed by atoms with van der Waals surface area (Å²) < 4.78 is 4.63. The summed E-state index contributed by atoms with van der Waals surface area (Å²) in [6.07, 6.45) is 0. The number of rotatable bonds is 4. The second-order valence-electron chi connectivity index (χ2n) is 1.06. The lowest BCUT2D eigenvalue weighted by atomic mass is 10.7. The van der Waals surface area contributed by atoms with Crippen molar-refractivity contribution in [2.75, 3.05) is 26.4 Å². The molecule has 0 aromatic rings. The van der Waals surface area contributed by atoms with Gasteiger partial charge in [-0.3, -0.25) is 0 Å². The van der Waals surface area contributed by atoms with E-state index in [0.717, 1.165) is 0 Å². The molecule has 0 fully saturated rings. The Labute approximate surface area is 55.7 Å². The predicted octanol–water partition coefficient (Wildman–Crippen LogP) is -0.900. The third kappa shape index (κ3) is 9.52. The lowest BCUT2D eigenvalue weighted by Gasteiger charge is -1.94. The molecule has 3 nitrogen and oxygen atoms in total. The first kappa shape index (κ1) is 11.1. The van der Waals surface area contributed by atoms with Gasteiger partial charge < -0.3 is 14.9 Å². The summed E-state index contributed by atoms with van der Waals surface area (Å²) in [6, 6.07) is 0. The zero-order valence-corrected chi connectivity index (χ0v) is 5.63. The van der Waals surface area contributed by atoms with Crippen molar-refractivity contribution in [2.45, 2.75) is 0 Å². The van der Waals surface area contributed by atoms with E-state index in [1.807, 2.05) is 0 Å². The lowest BCUT2D eigenvalue weighted by molar-refractivity contribution is 0.0650. The van der Waals surface area contributed by atoms with Gasteiger partial charge in [0.05, 0.1) is 26.4 Å². The minimum absolute atomic E-state index is 0. The van der Waals surface area contributed by atoms with Gasteiger partial charge in [-0.1, -0.05) is 0 Å². The molecule has 0 aromatic heterocycles. The smallest absolute Gasteiger partial charge is 0.0698 e. The highest BCUT2D eigenvalue weighted by Crippen LogP contribution is 1.68. The monoisotopic (exact) mass is 140 g/mol. The van der Waals surface area contributed by atoms with Gasteiger partial charge in [-0.25, -0.2) is 0 Å². The number of hydrogen-bond donors (Lipinski definition) is 2. The van der Waals surface area contributed by atoms with E-state index < -0.39 is 0 Å². The molecule has 0 aliphatic heterocycles. The topological polar surface area (TPSA) is 49.7 Å². The van der Waals surface area contributed by atoms with E-state index in [0.29, 0.717) is 13.2 Å². The van der Waals surface area contributed by atoms with Crippen LogP contribution >= 0.6 is 13.5 Å². The summed E-state index contributed by atoms with van der Waals surface area (Å²) >= 11 is 0. The molecule has 0 radical (unpaired) electrons. The molecule has 0 heterocycles. The minimum Gasteiger partial charge on any atom is -0.394 e. The first-order chi connectivity index (χ1) is 3.41. The number of aliphatic hydroxyl groups excluding tert-OH is 2. The molecule has 0 aliphatic carbocycles. The fourth-order valence-corrected chi connectivity index (χ4v) is 0.231. The Morgan fingerprint density at radius 2 is 1.38 bits per heavy atom. The van der Waals surface area contributed by atoms with Gasteiger partial charge in [-0.2, -0.15) is 13.5 Å². The molecule has 0 saturated carbocycles. The zero-order chi connectivity index (χ0) is 5.54. The average molecular weight is 140 g/mol. The predicted molar refractivity (Wildman–Crippen MR) is 35.4 cm³/mol. The molecule has 4 heteroatoms. The molecule has 0 aromatic carbocycles. The molecule has 0 amide bonds. The van der Waals surface area contributed by atoms with Crippen LogP contribution in [0.2, 0.25) is 0 Å². The van der Waals surface area contributed by atoms with Crippen LogP contribution in [0, 0.1) is 0 Å². The fraction of sp³-hybridized carbons (Fsp3) is 1.00. The second-order valence-corrected chi connectivity index (χ2v) is 1.06. The molecule has 0 rings (SSSR count). The van der Waals surface area contributed by atoms with Crippen molar-refractivity contribution in [3.8, 4) is 0 Å². The highest BCUT2D eigenvalue weighted by Gasteiger charge is 1.79. The third-order valence-corrected chi connectivity index (χ3v) is 0.471. The molecule has 0 bridgehead atoms. The maximum Gasteiger partial charge on any atom is 0.0698 e. The molecule has 8 heavy (non-hydrogen) atoms. The first-order valence-electron chi connectivity index (χ1n) is 2.21. The number of aliphatic hydroxyl groups is 2. The molecular weight excluding hydrogens is 128 g/mol. The molecule has 0 atom stereocenters. The Kier molecular flexibility index (Phi) is 14.2. The Bertz CT molecular complexity index is 30.5. The van der Waals surface area contributed by atoms with Crippen LogP contribution in [0.3, 0.4) is 0 Å². The summed E-state index contributed by atoms with van der Waals surface area (Å²) in [4.78, 5) is 0. The first-order valence-corrected chi connectivity index (χ1v) is 2.21. The third-order valence-electron chi connectivity index (χ3n) is 0.471. The Morgan fingerprint density at radius 3 is 1.62 bits per heavy atom. The lowest BCUT2D eigenvalue weighted by Crippen LogP contribution is -2.03. The number of ether oxygens (including phenoxy) is 1. The summed E-state index contributed by atoms with van der Waals surface area (Å²) in [6.45, 7) is 0.696. The van der Waals surface area contributed by atoms with Gasteiger partial charge in [0.15, 0.2) is 0 Å². The van der Waals surface area contributed by atoms with Gasteiger partial charge in [0, 0.05) is 0 Å². The van der Waals surface area contributed by atoms with E-state index in [4.69, 9.17) is 10.2 Å². The SMILES string of the molecule is OCCOCCO.S. The van der Waals surface area contributed by atoms with Crippen LogP contribution < -0.4 is 0 Å². The van der Waals surface area contributed by atoms with E-state index in [9.17, 15) is 0 Å².